The van der Waals surface area contributed by atoms with Gasteiger partial charge in [-0.1, -0.05) is 26.0 Å². The van der Waals surface area contributed by atoms with E-state index in [1.807, 2.05) is 39.0 Å². The standard InChI is InChI=1S/C29H31FN2O5/c1-4-36-20-5-6-22-18(14-20)8-10-32(26(35)16-21-15-25(34)31-37-21)28(22)24(33)13-17-11-19-7-9-29(2,3)27(19)23(30)12-17/h5-6,11-12,14-15,28H,4,7-10,13,16H2,1-3H3,(H,31,34). The molecule has 1 aliphatic heterocycles. The number of nitrogens with zero attached hydrogens (tertiary/aromatic N) is 1. The first-order valence-electron chi connectivity index (χ1n) is 12.7. The maximum absolute atomic E-state index is 15.1. The van der Waals surface area contributed by atoms with Crippen molar-refractivity contribution < 1.29 is 23.2 Å². The summed E-state index contributed by atoms with van der Waals surface area (Å²) in [6, 6.07) is 9.37. The number of hydrogen-bond donors (Lipinski definition) is 1. The van der Waals surface area contributed by atoms with E-state index >= 15 is 4.39 Å². The van der Waals surface area contributed by atoms with Crippen LogP contribution in [0.15, 0.2) is 45.7 Å². The zero-order chi connectivity index (χ0) is 26.3. The average Bonchev–Trinajstić information content (AvgIpc) is 3.39. The number of rotatable bonds is 7. The molecule has 0 fully saturated rings. The van der Waals surface area contributed by atoms with Gasteiger partial charge in [0.2, 0.25) is 5.91 Å². The number of hydrogen-bond acceptors (Lipinski definition) is 5. The van der Waals surface area contributed by atoms with E-state index in [0.717, 1.165) is 35.1 Å². The molecule has 1 atom stereocenters. The maximum Gasteiger partial charge on any atom is 0.280 e. The molecule has 8 heteroatoms. The van der Waals surface area contributed by atoms with Crippen molar-refractivity contribution in [3.05, 3.63) is 86.1 Å². The average molecular weight is 507 g/mol. The highest BCUT2D eigenvalue weighted by atomic mass is 19.1. The summed E-state index contributed by atoms with van der Waals surface area (Å²) >= 11 is 0. The third-order valence-corrected chi connectivity index (χ3v) is 7.49. The fourth-order valence-corrected chi connectivity index (χ4v) is 5.79. The summed E-state index contributed by atoms with van der Waals surface area (Å²) in [5, 5.41) is 2.19. The van der Waals surface area contributed by atoms with Crippen LogP contribution in [0.5, 0.6) is 5.75 Å². The smallest absolute Gasteiger partial charge is 0.280 e. The number of carbonyl (C=O) groups is 2. The molecule has 0 radical (unpaired) electrons. The molecule has 2 heterocycles. The van der Waals surface area contributed by atoms with Crippen LogP contribution in [0.4, 0.5) is 4.39 Å². The third kappa shape index (κ3) is 4.84. The molecule has 1 unspecified atom stereocenters. The summed E-state index contributed by atoms with van der Waals surface area (Å²) in [5.74, 6) is 0.142. The number of ketones is 1. The fourth-order valence-electron chi connectivity index (χ4n) is 5.79. The Hall–Kier alpha value is -3.68. The molecule has 0 saturated carbocycles. The van der Waals surface area contributed by atoms with E-state index in [0.29, 0.717) is 30.9 Å². The van der Waals surface area contributed by atoms with Crippen molar-refractivity contribution in [3.8, 4) is 5.75 Å². The largest absolute Gasteiger partial charge is 0.494 e. The number of halogens is 1. The molecule has 0 saturated heterocycles. The van der Waals surface area contributed by atoms with E-state index in [1.54, 1.807) is 11.0 Å². The number of fused-ring (bicyclic) bond motifs is 2. The topological polar surface area (TPSA) is 92.6 Å². The van der Waals surface area contributed by atoms with Crippen molar-refractivity contribution in [2.75, 3.05) is 13.2 Å². The van der Waals surface area contributed by atoms with Crippen LogP contribution >= 0.6 is 0 Å². The van der Waals surface area contributed by atoms with Crippen LogP contribution < -0.4 is 10.3 Å². The SMILES string of the molecule is CCOc1ccc2c(c1)CCN(C(=O)Cc1cc(=O)[nH]o1)C2C(=O)Cc1cc(F)c2c(c1)CCC2(C)C. The van der Waals surface area contributed by atoms with Crippen LogP contribution in [0.2, 0.25) is 0 Å². The number of benzene rings is 2. The lowest BCUT2D eigenvalue weighted by atomic mass is 9.84. The first kappa shape index (κ1) is 25.0. The minimum Gasteiger partial charge on any atom is -0.494 e. The Morgan fingerprint density at radius 3 is 2.68 bits per heavy atom. The minimum atomic E-state index is -0.828. The van der Waals surface area contributed by atoms with Gasteiger partial charge >= 0.3 is 0 Å². The molecule has 0 spiro atoms. The fraction of sp³-hybridized carbons (Fsp3) is 0.414. The quantitative estimate of drug-likeness (QED) is 0.518. The van der Waals surface area contributed by atoms with Crippen LogP contribution in [-0.2, 0) is 40.7 Å². The number of carbonyl (C=O) groups excluding carboxylic acids is 2. The first-order chi connectivity index (χ1) is 17.7. The van der Waals surface area contributed by atoms with Gasteiger partial charge in [0.1, 0.15) is 23.4 Å². The summed E-state index contributed by atoms with van der Waals surface area (Å²) in [5.41, 5.74) is 3.34. The minimum absolute atomic E-state index is 0.00493. The highest BCUT2D eigenvalue weighted by Gasteiger charge is 2.37. The normalized spacial score (nSPS) is 17.8. The van der Waals surface area contributed by atoms with E-state index in [9.17, 15) is 14.4 Å². The second-order valence-corrected chi connectivity index (χ2v) is 10.5. The Morgan fingerprint density at radius 1 is 1.14 bits per heavy atom. The Kier molecular flexibility index (Phi) is 6.52. The van der Waals surface area contributed by atoms with Gasteiger partial charge in [-0.25, -0.2) is 4.39 Å². The summed E-state index contributed by atoms with van der Waals surface area (Å²) in [4.78, 5) is 40.1. The molecule has 1 N–H and O–H groups in total. The molecule has 2 aromatic carbocycles. The van der Waals surface area contributed by atoms with Gasteiger partial charge in [-0.2, -0.15) is 5.16 Å². The number of ether oxygens (including phenoxy) is 1. The number of aryl methyl sites for hydroxylation is 1. The van der Waals surface area contributed by atoms with Gasteiger partial charge in [-0.15, -0.1) is 0 Å². The van der Waals surface area contributed by atoms with Crippen LogP contribution in [0.1, 0.15) is 66.8 Å². The third-order valence-electron chi connectivity index (χ3n) is 7.49. The Morgan fingerprint density at radius 2 is 1.95 bits per heavy atom. The Labute approximate surface area is 214 Å². The van der Waals surface area contributed by atoms with Crippen molar-refractivity contribution in [2.45, 2.75) is 64.3 Å². The molecule has 37 heavy (non-hydrogen) atoms. The van der Waals surface area contributed by atoms with Gasteiger partial charge < -0.3 is 14.2 Å². The van der Waals surface area contributed by atoms with E-state index < -0.39 is 11.6 Å². The highest BCUT2D eigenvalue weighted by Crippen LogP contribution is 2.41. The Bertz CT molecular complexity index is 1420. The molecule has 5 rings (SSSR count). The monoisotopic (exact) mass is 506 g/mol. The van der Waals surface area contributed by atoms with E-state index in [2.05, 4.69) is 5.16 Å². The summed E-state index contributed by atoms with van der Waals surface area (Å²) < 4.78 is 25.8. The zero-order valence-electron chi connectivity index (χ0n) is 21.4. The number of aromatic amines is 1. The van der Waals surface area contributed by atoms with Crippen molar-refractivity contribution in [1.29, 1.82) is 0 Å². The molecule has 7 nitrogen and oxygen atoms in total. The molecule has 2 aliphatic rings. The van der Waals surface area contributed by atoms with Crippen LogP contribution in [0.3, 0.4) is 0 Å². The molecular formula is C29H31FN2O5. The van der Waals surface area contributed by atoms with Gasteiger partial charge in [-0.3, -0.25) is 14.4 Å². The Balaban J connectivity index is 1.47. The summed E-state index contributed by atoms with van der Waals surface area (Å²) in [6.45, 7) is 6.84. The van der Waals surface area contributed by atoms with Crippen molar-refractivity contribution in [2.24, 2.45) is 0 Å². The summed E-state index contributed by atoms with van der Waals surface area (Å²) in [7, 11) is 0. The van der Waals surface area contributed by atoms with Gasteiger partial charge in [0.15, 0.2) is 5.78 Å². The lowest BCUT2D eigenvalue weighted by Gasteiger charge is -2.36. The number of amides is 1. The van der Waals surface area contributed by atoms with Gasteiger partial charge in [-0.05, 0) is 77.6 Å². The maximum atomic E-state index is 15.1. The molecule has 1 aromatic heterocycles. The van der Waals surface area contributed by atoms with Gasteiger partial charge in [0.05, 0.1) is 13.0 Å². The zero-order valence-corrected chi connectivity index (χ0v) is 21.4. The number of nitrogens with one attached hydrogen (secondary N) is 1. The lowest BCUT2D eigenvalue weighted by Crippen LogP contribution is -2.44. The van der Waals surface area contributed by atoms with Crippen LogP contribution in [0, 0.1) is 5.82 Å². The first-order valence-corrected chi connectivity index (χ1v) is 12.7. The second kappa shape index (κ2) is 9.65. The van der Waals surface area contributed by atoms with E-state index in [-0.39, 0.29) is 41.5 Å². The lowest BCUT2D eigenvalue weighted by molar-refractivity contribution is -0.140. The number of Topliss-reactive ketones (excluding diaryl/α,β-unsaturated/α-hetero) is 1. The molecule has 1 amide bonds. The predicted molar refractivity (Wildman–Crippen MR) is 135 cm³/mol. The van der Waals surface area contributed by atoms with Crippen molar-refractivity contribution >= 4 is 11.7 Å². The summed E-state index contributed by atoms with van der Waals surface area (Å²) in [6.07, 6.45) is 2.07. The second-order valence-electron chi connectivity index (χ2n) is 10.5. The van der Waals surface area contributed by atoms with Crippen LogP contribution in [-0.4, -0.2) is 34.9 Å². The van der Waals surface area contributed by atoms with E-state index in [4.69, 9.17) is 9.26 Å². The molecule has 194 valence electrons. The molecule has 3 aromatic rings. The molecule has 1 aliphatic carbocycles. The van der Waals surface area contributed by atoms with E-state index in [1.165, 1.54) is 12.1 Å². The van der Waals surface area contributed by atoms with Crippen molar-refractivity contribution in [3.63, 3.8) is 0 Å². The van der Waals surface area contributed by atoms with Crippen molar-refractivity contribution in [1.82, 2.24) is 10.1 Å². The molecular weight excluding hydrogens is 475 g/mol. The van der Waals surface area contributed by atoms with Gasteiger partial charge in [0, 0.05) is 19.0 Å². The van der Waals surface area contributed by atoms with Crippen LogP contribution in [0.25, 0.3) is 0 Å². The number of aromatic nitrogens is 1. The number of H-pyrrole nitrogens is 1. The highest BCUT2D eigenvalue weighted by molar-refractivity contribution is 5.92. The molecule has 0 bridgehead atoms. The predicted octanol–water partition coefficient (Wildman–Crippen LogP) is 4.21. The van der Waals surface area contributed by atoms with Gasteiger partial charge in [0.25, 0.3) is 5.56 Å².